The van der Waals surface area contributed by atoms with E-state index in [4.69, 9.17) is 18.9 Å². The van der Waals surface area contributed by atoms with E-state index in [0.717, 1.165) is 11.3 Å². The van der Waals surface area contributed by atoms with Crippen molar-refractivity contribution in [3.05, 3.63) is 42.9 Å². The molecule has 0 unspecified atom stereocenters. The van der Waals surface area contributed by atoms with E-state index in [0.29, 0.717) is 38.8 Å². The number of cyclic esters (lactones) is 1. The number of aliphatic hydroxyl groups is 1. The molecule has 53 heavy (non-hydrogen) atoms. The largest absolute Gasteiger partial charge is 0.458 e. The highest BCUT2D eigenvalue weighted by Gasteiger charge is 2.53. The Kier molecular flexibility index (Phi) is 12.9. The molecule has 0 aliphatic carbocycles. The predicted octanol–water partition coefficient (Wildman–Crippen LogP) is 6.08. The molecule has 0 spiro atoms. The fraction of sp³-hybridized carbons (Fsp3) is 0.683. The van der Waals surface area contributed by atoms with Crippen molar-refractivity contribution in [2.24, 2.45) is 35.0 Å². The number of amides is 1. The number of nitrogens with zero attached hydrogens (tertiary/aromatic N) is 3. The van der Waals surface area contributed by atoms with Gasteiger partial charge in [-0.15, -0.1) is 0 Å². The average Bonchev–Trinajstić information content (AvgIpc) is 3.73. The Bertz CT molecular complexity index is 1590. The van der Waals surface area contributed by atoms with E-state index in [9.17, 15) is 24.3 Å². The molecule has 3 fully saturated rings. The quantitative estimate of drug-likeness (QED) is 0.250. The molecule has 3 saturated heterocycles. The van der Waals surface area contributed by atoms with Gasteiger partial charge in [-0.05, 0) is 50.9 Å². The molecule has 3 aliphatic rings. The summed E-state index contributed by atoms with van der Waals surface area (Å²) >= 11 is 0. The van der Waals surface area contributed by atoms with E-state index >= 15 is 0 Å². The van der Waals surface area contributed by atoms with Gasteiger partial charge in [-0.1, -0.05) is 78.8 Å². The maximum Gasteiger partial charge on any atom is 0.410 e. The first-order chi connectivity index (χ1) is 25.0. The van der Waals surface area contributed by atoms with Crippen LogP contribution in [0.4, 0.5) is 4.79 Å². The Labute approximate surface area is 313 Å². The van der Waals surface area contributed by atoms with Gasteiger partial charge in [-0.2, -0.15) is 0 Å². The van der Waals surface area contributed by atoms with Crippen LogP contribution in [0.2, 0.25) is 0 Å². The number of carbonyl (C=O) groups is 4. The third-order valence-corrected chi connectivity index (χ3v) is 11.7. The Morgan fingerprint density at radius 2 is 1.64 bits per heavy atom. The number of ketones is 2. The molecule has 12 nitrogen and oxygen atoms in total. The van der Waals surface area contributed by atoms with Crippen LogP contribution < -0.4 is 0 Å². The zero-order valence-corrected chi connectivity index (χ0v) is 32.8. The van der Waals surface area contributed by atoms with Crippen LogP contribution in [0.15, 0.2) is 42.9 Å². The number of hydrogen-bond acceptors (Lipinski definition) is 10. The summed E-state index contributed by atoms with van der Waals surface area (Å²) in [6, 6.07) is 9.18. The summed E-state index contributed by atoms with van der Waals surface area (Å²) in [5.74, 6) is -4.36. The molecular formula is C41H59N3O9. The number of fused-ring (bicyclic) bond motifs is 1. The number of rotatable bonds is 8. The second-order valence-corrected chi connectivity index (χ2v) is 16.4. The van der Waals surface area contributed by atoms with Gasteiger partial charge in [0.1, 0.15) is 23.9 Å². The monoisotopic (exact) mass is 737 g/mol. The van der Waals surface area contributed by atoms with Crippen LogP contribution in [0.1, 0.15) is 88.0 Å². The van der Waals surface area contributed by atoms with Crippen molar-refractivity contribution in [3.8, 4) is 11.3 Å². The Morgan fingerprint density at radius 3 is 2.32 bits per heavy atom. The molecule has 1 aromatic heterocycles. The van der Waals surface area contributed by atoms with E-state index in [-0.39, 0.29) is 23.6 Å². The lowest BCUT2D eigenvalue weighted by molar-refractivity contribution is -0.284. The van der Waals surface area contributed by atoms with Gasteiger partial charge < -0.3 is 33.5 Å². The van der Waals surface area contributed by atoms with Crippen LogP contribution in [0, 0.1) is 35.0 Å². The summed E-state index contributed by atoms with van der Waals surface area (Å²) in [7, 11) is 0. The molecule has 12 atom stereocenters. The summed E-state index contributed by atoms with van der Waals surface area (Å²) in [5, 5.41) is 11.1. The molecule has 3 aliphatic heterocycles. The zero-order valence-electron chi connectivity index (χ0n) is 32.8. The van der Waals surface area contributed by atoms with Crippen LogP contribution in [0.25, 0.3) is 11.3 Å². The highest BCUT2D eigenvalue weighted by atomic mass is 16.7. The summed E-state index contributed by atoms with van der Waals surface area (Å²) in [5.41, 5.74) is 1.08. The second-order valence-electron chi connectivity index (χ2n) is 16.4. The minimum Gasteiger partial charge on any atom is -0.458 e. The van der Waals surface area contributed by atoms with Gasteiger partial charge in [-0.3, -0.25) is 14.4 Å². The van der Waals surface area contributed by atoms with Gasteiger partial charge in [-0.25, -0.2) is 9.78 Å². The van der Waals surface area contributed by atoms with E-state index in [1.165, 1.54) is 6.92 Å². The first-order valence-electron chi connectivity index (χ1n) is 19.3. The summed E-state index contributed by atoms with van der Waals surface area (Å²) in [4.78, 5) is 61.9. The molecule has 0 radical (unpaired) electrons. The molecule has 1 N–H and O–H groups in total. The number of ether oxygens (including phenoxy) is 4. The molecular weight excluding hydrogens is 678 g/mol. The lowest BCUT2D eigenvalue weighted by atomic mass is 9.70. The number of hydrogen-bond donors (Lipinski definition) is 1. The van der Waals surface area contributed by atoms with Crippen LogP contribution >= 0.6 is 0 Å². The minimum atomic E-state index is -1.14. The first-order valence-corrected chi connectivity index (χ1v) is 19.3. The Hall–Kier alpha value is -3.61. The number of carbonyl (C=O) groups excluding carboxylic acids is 4. The Morgan fingerprint density at radius 1 is 0.943 bits per heavy atom. The molecule has 2 aromatic rings. The third-order valence-electron chi connectivity index (χ3n) is 11.7. The van der Waals surface area contributed by atoms with Crippen LogP contribution in [-0.2, 0) is 39.9 Å². The highest BCUT2D eigenvalue weighted by molar-refractivity contribution is 6.00. The van der Waals surface area contributed by atoms with Crippen molar-refractivity contribution in [2.75, 3.05) is 6.54 Å². The van der Waals surface area contributed by atoms with Gasteiger partial charge in [0.2, 0.25) is 0 Å². The van der Waals surface area contributed by atoms with Gasteiger partial charge in [0.15, 0.2) is 18.2 Å². The van der Waals surface area contributed by atoms with E-state index < -0.39 is 77.9 Å². The molecule has 292 valence electrons. The van der Waals surface area contributed by atoms with Crippen LogP contribution in [0.5, 0.6) is 0 Å². The molecule has 4 heterocycles. The Balaban J connectivity index is 1.41. The van der Waals surface area contributed by atoms with Gasteiger partial charge in [0.25, 0.3) is 0 Å². The standard InChI is InChI=1S/C41H59N3O9/c1-10-31-36-32(44(40(49)52-36)18-14-17-43-21-30(42-22-43)29-15-12-11-13-16-29)26(5)33(45)24(3)20-41(8,9)37(27(6)35(47)28(7)38(48)51-31)53-39-34(46)23(2)19-25(4)50-39/h11-13,15-16,21-28,31-32,34,36-37,39,46H,10,14,17-20H2,1-9H3/t23-,24+,25+,26+,27-,28+,31+,32+,34+,36+,37+,39-/m0/s1. The summed E-state index contributed by atoms with van der Waals surface area (Å²) in [6.45, 7) is 17.4. The van der Waals surface area contributed by atoms with Crippen molar-refractivity contribution < 1.29 is 43.2 Å². The smallest absolute Gasteiger partial charge is 0.410 e. The van der Waals surface area contributed by atoms with Crippen molar-refractivity contribution in [2.45, 2.75) is 137 Å². The van der Waals surface area contributed by atoms with Crippen molar-refractivity contribution in [1.82, 2.24) is 14.5 Å². The van der Waals surface area contributed by atoms with Crippen molar-refractivity contribution in [1.29, 1.82) is 0 Å². The predicted molar refractivity (Wildman–Crippen MR) is 197 cm³/mol. The normalized spacial score (nSPS) is 35.7. The number of Topliss-reactive ketones (excluding diaryl/α,β-unsaturated/α-hetero) is 2. The first kappa shape index (κ1) is 40.6. The lowest BCUT2D eigenvalue weighted by Gasteiger charge is -2.45. The van der Waals surface area contributed by atoms with Crippen molar-refractivity contribution in [3.63, 3.8) is 0 Å². The molecule has 12 heteroatoms. The number of aryl methyl sites for hydroxylation is 1. The number of aliphatic hydroxyl groups excluding tert-OH is 1. The summed E-state index contributed by atoms with van der Waals surface area (Å²) < 4.78 is 26.5. The van der Waals surface area contributed by atoms with E-state index in [2.05, 4.69) is 4.98 Å². The van der Waals surface area contributed by atoms with Crippen molar-refractivity contribution >= 4 is 23.6 Å². The average molecular weight is 738 g/mol. The number of aromatic nitrogens is 2. The molecule has 0 bridgehead atoms. The second kappa shape index (κ2) is 16.8. The maximum atomic E-state index is 14.4. The SMILES string of the molecule is CC[C@H]1OC(=O)[C@H](C)C(=O)[C@H](C)[C@@H](O[C@@H]2O[C@H](C)C[C@H](C)[C@H]2O)C(C)(C)C[C@@H](C)C(=O)[C@H](C)[C@@H]2[C@@H]1OC(=O)N2CCCn1cnc(-c2ccccc2)c1. The fourth-order valence-electron chi connectivity index (χ4n) is 8.76. The van der Waals surface area contributed by atoms with Gasteiger partial charge in [0.05, 0.1) is 30.3 Å². The number of benzene rings is 1. The molecule has 1 amide bonds. The third kappa shape index (κ3) is 8.86. The lowest BCUT2D eigenvalue weighted by Crippen LogP contribution is -2.53. The van der Waals surface area contributed by atoms with E-state index in [1.807, 2.05) is 89.6 Å². The summed E-state index contributed by atoms with van der Waals surface area (Å²) in [6.07, 6.45) is 0.421. The fourth-order valence-corrected chi connectivity index (χ4v) is 8.76. The number of imidazole rings is 1. The van der Waals surface area contributed by atoms with Crippen LogP contribution in [0.3, 0.4) is 0 Å². The molecule has 1 aromatic carbocycles. The zero-order chi connectivity index (χ0) is 38.8. The highest BCUT2D eigenvalue weighted by Crippen LogP contribution is 2.41. The molecule has 5 rings (SSSR count). The number of esters is 1. The van der Waals surface area contributed by atoms with Gasteiger partial charge in [0, 0.05) is 42.6 Å². The van der Waals surface area contributed by atoms with E-state index in [1.54, 1.807) is 18.2 Å². The van der Waals surface area contributed by atoms with Crippen LogP contribution in [-0.4, -0.2) is 92.6 Å². The van der Waals surface area contributed by atoms with Gasteiger partial charge >= 0.3 is 12.1 Å². The minimum absolute atomic E-state index is 0.0704. The molecule has 0 saturated carbocycles. The maximum absolute atomic E-state index is 14.4. The topological polar surface area (TPSA) is 146 Å².